The van der Waals surface area contributed by atoms with E-state index in [4.69, 9.17) is 24.4 Å². The zero-order valence-corrected chi connectivity index (χ0v) is 30.0. The number of nitrogens with zero attached hydrogens (tertiary/aromatic N) is 5. The molecule has 56 heavy (non-hydrogen) atoms. The van der Waals surface area contributed by atoms with E-state index in [0.29, 0.717) is 17.5 Å². The van der Waals surface area contributed by atoms with Gasteiger partial charge >= 0.3 is 0 Å². The zero-order valence-electron chi connectivity index (χ0n) is 30.0. The zero-order chi connectivity index (χ0) is 37.0. The Hall–Kier alpha value is -7.70. The summed E-state index contributed by atoms with van der Waals surface area (Å²) in [6.07, 6.45) is 0. The molecule has 0 amide bonds. The lowest BCUT2D eigenvalue weighted by Gasteiger charge is -2.11. The first-order chi connectivity index (χ1) is 27.8. The first kappa shape index (κ1) is 31.8. The van der Waals surface area contributed by atoms with Crippen LogP contribution >= 0.6 is 0 Å². The average molecular weight is 718 g/mol. The normalized spacial score (nSPS) is 11.6. The van der Waals surface area contributed by atoms with Crippen LogP contribution in [0.25, 0.3) is 106 Å². The molecule has 0 atom stereocenters. The number of hydrogen-bond acceptors (Lipinski definition) is 5. The van der Waals surface area contributed by atoms with Gasteiger partial charge in [-0.1, -0.05) is 146 Å². The SMILES string of the molecule is c1ccc(-c2cccc(-c3nc(-c4ccccc4)nc(-c4ccc(-n5c6ccccc6c6c7c(oc65)c(-c5ccccc5)nc5ccccc57)cc4)n3)c2)cc1. The summed E-state index contributed by atoms with van der Waals surface area (Å²) < 4.78 is 9.18. The maximum atomic E-state index is 6.97. The van der Waals surface area contributed by atoms with Gasteiger partial charge < -0.3 is 4.42 Å². The van der Waals surface area contributed by atoms with Crippen LogP contribution < -0.4 is 0 Å². The lowest BCUT2D eigenvalue weighted by molar-refractivity contribution is 0.645. The van der Waals surface area contributed by atoms with E-state index >= 15 is 0 Å². The number of benzene rings is 7. The maximum absolute atomic E-state index is 6.97. The fraction of sp³-hybridized carbons (Fsp3) is 0. The number of hydrogen-bond donors (Lipinski definition) is 0. The lowest BCUT2D eigenvalue weighted by atomic mass is 10.0. The average Bonchev–Trinajstić information content (AvgIpc) is 3.82. The van der Waals surface area contributed by atoms with Crippen molar-refractivity contribution in [3.63, 3.8) is 0 Å². The molecule has 4 heterocycles. The summed E-state index contributed by atoms with van der Waals surface area (Å²) in [6, 6.07) is 64.3. The predicted octanol–water partition coefficient (Wildman–Crippen LogP) is 12.6. The predicted molar refractivity (Wildman–Crippen MR) is 226 cm³/mol. The van der Waals surface area contributed by atoms with Gasteiger partial charge in [0, 0.05) is 44.1 Å². The minimum Gasteiger partial charge on any atom is -0.437 e. The Balaban J connectivity index is 1.08. The van der Waals surface area contributed by atoms with Gasteiger partial charge in [-0.2, -0.15) is 0 Å². The molecule has 4 aromatic heterocycles. The number of para-hydroxylation sites is 2. The Morgan fingerprint density at radius 1 is 0.375 bits per heavy atom. The topological polar surface area (TPSA) is 69.6 Å². The fourth-order valence-electron chi connectivity index (χ4n) is 7.82. The molecule has 0 saturated carbocycles. The van der Waals surface area contributed by atoms with Gasteiger partial charge in [-0.15, -0.1) is 0 Å². The second-order valence-electron chi connectivity index (χ2n) is 13.8. The van der Waals surface area contributed by atoms with Gasteiger partial charge in [-0.3, -0.25) is 4.57 Å². The van der Waals surface area contributed by atoms with Crippen LogP contribution in [0.3, 0.4) is 0 Å². The van der Waals surface area contributed by atoms with Crippen LogP contribution in [0.5, 0.6) is 0 Å². The highest BCUT2D eigenvalue weighted by Crippen LogP contribution is 2.44. The van der Waals surface area contributed by atoms with E-state index in [9.17, 15) is 0 Å². The maximum Gasteiger partial charge on any atom is 0.213 e. The Bertz CT molecular complexity index is 3230. The van der Waals surface area contributed by atoms with E-state index in [0.717, 1.165) is 88.6 Å². The molecular formula is C50H31N5O. The van der Waals surface area contributed by atoms with Crippen molar-refractivity contribution in [1.29, 1.82) is 0 Å². The standard InChI is InChI=1S/C50H31N5O/c1-4-15-32(16-5-1)36-21-14-22-37(31-36)49-53-47(34-19-8-3-9-20-34)52-48(54-49)35-27-29-38(30-28-35)55-42-26-13-11-24-40(42)44-43-39-23-10-12-25-41(39)51-45(46(43)56-50(44)55)33-17-6-2-7-18-33/h1-31H. The van der Waals surface area contributed by atoms with E-state index in [1.54, 1.807) is 0 Å². The summed E-state index contributed by atoms with van der Waals surface area (Å²) in [5.74, 6) is 1.84. The van der Waals surface area contributed by atoms with Crippen molar-refractivity contribution in [3.8, 4) is 62.2 Å². The molecule has 0 spiro atoms. The van der Waals surface area contributed by atoms with E-state index in [2.05, 4.69) is 132 Å². The van der Waals surface area contributed by atoms with Gasteiger partial charge in [0.15, 0.2) is 23.1 Å². The lowest BCUT2D eigenvalue weighted by Crippen LogP contribution is -2.00. The molecule has 0 fully saturated rings. The Morgan fingerprint density at radius 3 is 1.62 bits per heavy atom. The Morgan fingerprint density at radius 2 is 0.911 bits per heavy atom. The van der Waals surface area contributed by atoms with Gasteiger partial charge in [-0.05, 0) is 53.6 Å². The van der Waals surface area contributed by atoms with Crippen molar-refractivity contribution in [2.45, 2.75) is 0 Å². The molecule has 0 aliphatic rings. The minimum atomic E-state index is 0.599. The molecule has 7 aromatic carbocycles. The second-order valence-corrected chi connectivity index (χ2v) is 13.8. The molecular weight excluding hydrogens is 687 g/mol. The molecule has 6 heteroatoms. The van der Waals surface area contributed by atoms with E-state index in [-0.39, 0.29) is 0 Å². The highest BCUT2D eigenvalue weighted by molar-refractivity contribution is 6.28. The largest absolute Gasteiger partial charge is 0.437 e. The van der Waals surface area contributed by atoms with Gasteiger partial charge in [0.2, 0.25) is 5.71 Å². The van der Waals surface area contributed by atoms with Gasteiger partial charge in [0.1, 0.15) is 5.69 Å². The van der Waals surface area contributed by atoms with Gasteiger partial charge in [0.25, 0.3) is 0 Å². The van der Waals surface area contributed by atoms with Gasteiger partial charge in [-0.25, -0.2) is 19.9 Å². The Kier molecular flexibility index (Phi) is 7.38. The van der Waals surface area contributed by atoms with Crippen LogP contribution in [0, 0.1) is 0 Å². The highest BCUT2D eigenvalue weighted by atomic mass is 16.3. The fourth-order valence-corrected chi connectivity index (χ4v) is 7.82. The Labute approximate surface area is 322 Å². The van der Waals surface area contributed by atoms with Crippen molar-refractivity contribution in [2.24, 2.45) is 0 Å². The van der Waals surface area contributed by atoms with Crippen LogP contribution in [0.4, 0.5) is 0 Å². The van der Waals surface area contributed by atoms with Crippen LogP contribution in [-0.2, 0) is 0 Å². The molecule has 11 rings (SSSR count). The van der Waals surface area contributed by atoms with Crippen molar-refractivity contribution >= 4 is 43.9 Å². The minimum absolute atomic E-state index is 0.599. The smallest absolute Gasteiger partial charge is 0.213 e. The quantitative estimate of drug-likeness (QED) is 0.171. The second kappa shape index (κ2) is 13.0. The molecule has 262 valence electrons. The number of rotatable bonds is 6. The molecule has 0 aliphatic heterocycles. The molecule has 0 unspecified atom stereocenters. The molecule has 6 nitrogen and oxygen atoms in total. The first-order valence-corrected chi connectivity index (χ1v) is 18.6. The van der Waals surface area contributed by atoms with Crippen molar-refractivity contribution in [3.05, 3.63) is 188 Å². The third kappa shape index (κ3) is 5.27. The molecule has 0 aliphatic carbocycles. The highest BCUT2D eigenvalue weighted by Gasteiger charge is 2.24. The molecule has 0 bridgehead atoms. The van der Waals surface area contributed by atoms with E-state index < -0.39 is 0 Å². The third-order valence-corrected chi connectivity index (χ3v) is 10.5. The van der Waals surface area contributed by atoms with Crippen LogP contribution in [0.2, 0.25) is 0 Å². The van der Waals surface area contributed by atoms with Crippen LogP contribution in [-0.4, -0.2) is 24.5 Å². The summed E-state index contributed by atoms with van der Waals surface area (Å²) >= 11 is 0. The number of fused-ring (bicyclic) bond motifs is 7. The van der Waals surface area contributed by atoms with Crippen molar-refractivity contribution in [1.82, 2.24) is 24.5 Å². The van der Waals surface area contributed by atoms with Crippen molar-refractivity contribution in [2.75, 3.05) is 0 Å². The van der Waals surface area contributed by atoms with Crippen LogP contribution in [0.15, 0.2) is 192 Å². The number of furan rings is 1. The third-order valence-electron chi connectivity index (χ3n) is 10.5. The summed E-state index contributed by atoms with van der Waals surface area (Å²) in [5, 5.41) is 4.32. The summed E-state index contributed by atoms with van der Waals surface area (Å²) in [7, 11) is 0. The summed E-state index contributed by atoms with van der Waals surface area (Å²) in [5.41, 5.74) is 11.3. The monoisotopic (exact) mass is 717 g/mol. The van der Waals surface area contributed by atoms with Crippen LogP contribution in [0.1, 0.15) is 0 Å². The molecule has 0 saturated heterocycles. The van der Waals surface area contributed by atoms with Gasteiger partial charge in [0.05, 0.1) is 16.4 Å². The molecule has 0 radical (unpaired) electrons. The van der Waals surface area contributed by atoms with E-state index in [1.807, 2.05) is 60.7 Å². The first-order valence-electron chi connectivity index (χ1n) is 18.6. The van der Waals surface area contributed by atoms with Crippen molar-refractivity contribution < 1.29 is 4.42 Å². The molecule has 0 N–H and O–H groups in total. The summed E-state index contributed by atoms with van der Waals surface area (Å²) in [4.78, 5) is 20.2. The van der Waals surface area contributed by atoms with E-state index in [1.165, 1.54) is 0 Å². The number of aromatic nitrogens is 5. The number of pyridine rings is 1. The molecule has 11 aromatic rings. The summed E-state index contributed by atoms with van der Waals surface area (Å²) in [6.45, 7) is 0.